The standard InChI is InChI=1S/C26H29N3O3S/c1-32-22-13-11-21(12-14-22)28-15-17-29(18-16-28)26-24-10-6-5-7-20(24)19-25(26)27-33(30,31)23-8-3-2-4-9-23/h2-14,25-27H,15-19H2,1H3/t25-,26-/m1/s1. The smallest absolute Gasteiger partial charge is 0.240 e. The molecule has 7 heteroatoms. The molecule has 0 aromatic heterocycles. The summed E-state index contributed by atoms with van der Waals surface area (Å²) in [5.41, 5.74) is 3.64. The van der Waals surface area contributed by atoms with E-state index >= 15 is 0 Å². The number of methoxy groups -OCH3 is 1. The van der Waals surface area contributed by atoms with E-state index in [0.717, 1.165) is 31.9 Å². The van der Waals surface area contributed by atoms with Gasteiger partial charge >= 0.3 is 0 Å². The van der Waals surface area contributed by atoms with Gasteiger partial charge in [-0.25, -0.2) is 13.1 Å². The molecular weight excluding hydrogens is 434 g/mol. The molecule has 33 heavy (non-hydrogen) atoms. The number of benzene rings is 3. The second-order valence-corrected chi connectivity index (χ2v) is 10.3. The molecule has 0 spiro atoms. The first-order chi connectivity index (χ1) is 16.0. The van der Waals surface area contributed by atoms with Gasteiger partial charge in [-0.3, -0.25) is 4.90 Å². The Bertz CT molecular complexity index is 1190. The third-order valence-electron chi connectivity index (χ3n) is 6.70. The molecule has 6 nitrogen and oxygen atoms in total. The highest BCUT2D eigenvalue weighted by molar-refractivity contribution is 7.89. The zero-order valence-electron chi connectivity index (χ0n) is 18.7. The zero-order chi connectivity index (χ0) is 22.8. The molecule has 1 heterocycles. The summed E-state index contributed by atoms with van der Waals surface area (Å²) in [5, 5.41) is 0. The van der Waals surface area contributed by atoms with Gasteiger partial charge in [-0.15, -0.1) is 0 Å². The Kier molecular flexibility index (Phi) is 6.10. The Morgan fingerprint density at radius 2 is 1.52 bits per heavy atom. The normalized spacial score (nSPS) is 21.1. The molecule has 1 aliphatic carbocycles. The molecule has 0 bridgehead atoms. The Balaban J connectivity index is 1.34. The number of nitrogens with zero attached hydrogens (tertiary/aromatic N) is 2. The SMILES string of the molecule is COc1ccc(N2CCN([C@@H]3c4ccccc4C[C@H]3NS(=O)(=O)c3ccccc3)CC2)cc1. The topological polar surface area (TPSA) is 61.9 Å². The maximum atomic E-state index is 13.1. The highest BCUT2D eigenvalue weighted by Crippen LogP contribution is 2.37. The van der Waals surface area contributed by atoms with E-state index in [-0.39, 0.29) is 12.1 Å². The Morgan fingerprint density at radius 1 is 0.848 bits per heavy atom. The lowest BCUT2D eigenvalue weighted by Crippen LogP contribution is -2.52. The molecule has 2 aliphatic rings. The maximum absolute atomic E-state index is 13.1. The van der Waals surface area contributed by atoms with Crippen molar-refractivity contribution in [1.82, 2.24) is 9.62 Å². The molecule has 3 aromatic rings. The molecule has 0 unspecified atom stereocenters. The van der Waals surface area contributed by atoms with Crippen LogP contribution in [-0.4, -0.2) is 52.6 Å². The monoisotopic (exact) mass is 463 g/mol. The van der Waals surface area contributed by atoms with Crippen molar-refractivity contribution in [3.63, 3.8) is 0 Å². The van der Waals surface area contributed by atoms with Gasteiger partial charge in [-0.05, 0) is 53.9 Å². The van der Waals surface area contributed by atoms with Gasteiger partial charge in [0.1, 0.15) is 5.75 Å². The van der Waals surface area contributed by atoms with E-state index in [1.165, 1.54) is 16.8 Å². The number of piperazine rings is 1. The van der Waals surface area contributed by atoms with Crippen molar-refractivity contribution in [2.24, 2.45) is 0 Å². The molecule has 1 N–H and O–H groups in total. The maximum Gasteiger partial charge on any atom is 0.240 e. The molecule has 1 fully saturated rings. The molecule has 1 aliphatic heterocycles. The van der Waals surface area contributed by atoms with Crippen LogP contribution in [0, 0.1) is 0 Å². The summed E-state index contributed by atoms with van der Waals surface area (Å²) in [6.45, 7) is 3.52. The van der Waals surface area contributed by atoms with Gasteiger partial charge in [0.2, 0.25) is 10.0 Å². The molecule has 3 aromatic carbocycles. The minimum absolute atomic E-state index is 0.0257. The van der Waals surface area contributed by atoms with Crippen LogP contribution in [0.1, 0.15) is 17.2 Å². The Morgan fingerprint density at radius 3 is 2.21 bits per heavy atom. The number of nitrogens with one attached hydrogen (secondary N) is 1. The lowest BCUT2D eigenvalue weighted by Gasteiger charge is -2.41. The van der Waals surface area contributed by atoms with Crippen LogP contribution < -0.4 is 14.4 Å². The summed E-state index contributed by atoms with van der Waals surface area (Å²) in [6.07, 6.45) is 0.700. The van der Waals surface area contributed by atoms with Crippen molar-refractivity contribution >= 4 is 15.7 Å². The summed E-state index contributed by atoms with van der Waals surface area (Å²) in [6, 6.07) is 25.0. The molecule has 0 amide bonds. The minimum Gasteiger partial charge on any atom is -0.497 e. The third kappa shape index (κ3) is 4.49. The van der Waals surface area contributed by atoms with Crippen LogP contribution in [0.25, 0.3) is 0 Å². The first-order valence-corrected chi connectivity index (χ1v) is 12.8. The molecule has 0 saturated carbocycles. The minimum atomic E-state index is -3.59. The number of fused-ring (bicyclic) bond motifs is 1. The van der Waals surface area contributed by atoms with Crippen LogP contribution >= 0.6 is 0 Å². The van der Waals surface area contributed by atoms with E-state index in [0.29, 0.717) is 11.3 Å². The molecule has 1 saturated heterocycles. The van der Waals surface area contributed by atoms with Gasteiger partial charge in [-0.1, -0.05) is 42.5 Å². The largest absolute Gasteiger partial charge is 0.497 e. The van der Waals surface area contributed by atoms with Gasteiger partial charge in [0, 0.05) is 37.9 Å². The molecule has 172 valence electrons. The second kappa shape index (κ2) is 9.17. The summed E-state index contributed by atoms with van der Waals surface area (Å²) in [7, 11) is -1.92. The summed E-state index contributed by atoms with van der Waals surface area (Å²) >= 11 is 0. The van der Waals surface area contributed by atoms with Crippen LogP contribution in [0.3, 0.4) is 0 Å². The molecule has 0 radical (unpaired) electrons. The van der Waals surface area contributed by atoms with Gasteiger partial charge in [0.15, 0.2) is 0 Å². The van der Waals surface area contributed by atoms with Crippen molar-refractivity contribution in [2.75, 3.05) is 38.2 Å². The number of sulfonamides is 1. The number of rotatable bonds is 6. The number of hydrogen-bond acceptors (Lipinski definition) is 5. The van der Waals surface area contributed by atoms with E-state index < -0.39 is 10.0 Å². The fraction of sp³-hybridized carbons (Fsp3) is 0.308. The van der Waals surface area contributed by atoms with E-state index in [2.05, 4.69) is 38.8 Å². The van der Waals surface area contributed by atoms with Gasteiger partial charge in [0.05, 0.1) is 18.0 Å². The third-order valence-corrected chi connectivity index (χ3v) is 8.21. The van der Waals surface area contributed by atoms with E-state index in [1.54, 1.807) is 31.4 Å². The van der Waals surface area contributed by atoms with Crippen LogP contribution in [0.4, 0.5) is 5.69 Å². The van der Waals surface area contributed by atoms with E-state index in [1.807, 2.05) is 30.3 Å². The number of ether oxygens (including phenoxy) is 1. The van der Waals surface area contributed by atoms with Crippen LogP contribution in [0.15, 0.2) is 83.8 Å². The average molecular weight is 464 g/mol. The quantitative estimate of drug-likeness (QED) is 0.607. The lowest BCUT2D eigenvalue weighted by molar-refractivity contribution is 0.166. The van der Waals surface area contributed by atoms with Crippen molar-refractivity contribution in [1.29, 1.82) is 0 Å². The predicted molar refractivity (Wildman–Crippen MR) is 130 cm³/mol. The highest BCUT2D eigenvalue weighted by Gasteiger charge is 2.39. The van der Waals surface area contributed by atoms with E-state index in [4.69, 9.17) is 4.74 Å². The van der Waals surface area contributed by atoms with Gasteiger partial charge < -0.3 is 9.64 Å². The van der Waals surface area contributed by atoms with E-state index in [9.17, 15) is 8.42 Å². The fourth-order valence-corrected chi connectivity index (χ4v) is 6.31. The summed E-state index contributed by atoms with van der Waals surface area (Å²) < 4.78 is 34.5. The van der Waals surface area contributed by atoms with Crippen LogP contribution in [0.5, 0.6) is 5.75 Å². The molecular formula is C26H29N3O3S. The van der Waals surface area contributed by atoms with Crippen LogP contribution in [-0.2, 0) is 16.4 Å². The fourth-order valence-electron chi connectivity index (χ4n) is 5.05. The van der Waals surface area contributed by atoms with Crippen molar-refractivity contribution < 1.29 is 13.2 Å². The van der Waals surface area contributed by atoms with Crippen LogP contribution in [0.2, 0.25) is 0 Å². The molecule has 5 rings (SSSR count). The second-order valence-electron chi connectivity index (χ2n) is 8.61. The highest BCUT2D eigenvalue weighted by atomic mass is 32.2. The predicted octanol–water partition coefficient (Wildman–Crippen LogP) is 3.46. The van der Waals surface area contributed by atoms with Gasteiger partial charge in [0.25, 0.3) is 0 Å². The Hall–Kier alpha value is -2.87. The Labute approximate surface area is 195 Å². The molecule has 2 atom stereocenters. The number of hydrogen-bond donors (Lipinski definition) is 1. The summed E-state index contributed by atoms with van der Waals surface area (Å²) in [4.78, 5) is 5.12. The average Bonchev–Trinajstić information content (AvgIpc) is 3.22. The van der Waals surface area contributed by atoms with Crippen molar-refractivity contribution in [2.45, 2.75) is 23.4 Å². The number of anilines is 1. The first-order valence-electron chi connectivity index (χ1n) is 11.3. The van der Waals surface area contributed by atoms with Crippen molar-refractivity contribution in [3.8, 4) is 5.75 Å². The summed E-state index contributed by atoms with van der Waals surface area (Å²) in [5.74, 6) is 0.855. The first kappa shape index (κ1) is 21.9. The zero-order valence-corrected chi connectivity index (χ0v) is 19.5. The lowest BCUT2D eigenvalue weighted by atomic mass is 10.0. The van der Waals surface area contributed by atoms with Gasteiger partial charge in [-0.2, -0.15) is 0 Å². The van der Waals surface area contributed by atoms with Crippen molar-refractivity contribution in [3.05, 3.63) is 90.0 Å².